The highest BCUT2D eigenvalue weighted by Gasteiger charge is 2.68. The normalized spacial score (nSPS) is 26.3. The summed E-state index contributed by atoms with van der Waals surface area (Å²) < 4.78 is 25.2. The van der Waals surface area contributed by atoms with Gasteiger partial charge in [0.05, 0.1) is 62.5 Å². The predicted octanol–water partition coefficient (Wildman–Crippen LogP) is 0.629. The van der Waals surface area contributed by atoms with E-state index in [1.165, 1.54) is 24.3 Å². The van der Waals surface area contributed by atoms with E-state index in [0.29, 0.717) is 0 Å². The predicted molar refractivity (Wildman–Crippen MR) is 128 cm³/mol. The number of ether oxygens (including phenoxy) is 5. The van der Waals surface area contributed by atoms with E-state index in [1.54, 1.807) is 20.8 Å². The topological polar surface area (TPSA) is 152 Å². The number of nitrogens with zero attached hydrogens (tertiary/aromatic N) is 1. The lowest BCUT2D eigenvalue weighted by molar-refractivity contribution is -0.169. The number of esters is 5. The largest absolute Gasteiger partial charge is 0.466 e. The van der Waals surface area contributed by atoms with Gasteiger partial charge in [-0.15, -0.1) is 0 Å². The summed E-state index contributed by atoms with van der Waals surface area (Å²) in [6, 6.07) is -1.32. The third-order valence-electron chi connectivity index (χ3n) is 5.94. The zero-order valence-electron chi connectivity index (χ0n) is 21.9. The second-order valence-corrected chi connectivity index (χ2v) is 9.21. The fourth-order valence-corrected chi connectivity index (χ4v) is 4.54. The van der Waals surface area contributed by atoms with Crippen molar-refractivity contribution in [3.8, 4) is 0 Å². The van der Waals surface area contributed by atoms with E-state index in [0.717, 1.165) is 39.4 Å². The fraction of sp³-hybridized carbons (Fsp3) is 0.385. The first-order valence-electron chi connectivity index (χ1n) is 11.3. The maximum atomic E-state index is 14.0. The average molecular weight is 529 g/mol. The Hall–Kier alpha value is -4.48. The standard InChI is InChI=1S/C26H27NO11/c1-25(2,3)38-24(33)26-16(28)12-11-15-17(21(30)35-5)13(20(29)34-4)9-8-10-14(27(15)26)18(22(31)36-6)19(26)23(32)37-7/h8-12,14H,1-7H3/b10-8-,13-9+,17-15+/t14-,26+/m0/s1. The number of carbonyl (C=O) groups excluding carboxylic acids is 6. The summed E-state index contributed by atoms with van der Waals surface area (Å²) in [5, 5.41) is 0. The Kier molecular flexibility index (Phi) is 7.48. The van der Waals surface area contributed by atoms with Crippen LogP contribution in [0.5, 0.6) is 0 Å². The molecule has 38 heavy (non-hydrogen) atoms. The zero-order chi connectivity index (χ0) is 28.6. The van der Waals surface area contributed by atoms with Gasteiger partial charge in [-0.3, -0.25) is 4.79 Å². The highest BCUT2D eigenvalue weighted by Crippen LogP contribution is 2.49. The highest BCUT2D eigenvalue weighted by atomic mass is 16.6. The fourth-order valence-electron chi connectivity index (χ4n) is 4.54. The summed E-state index contributed by atoms with van der Waals surface area (Å²) in [5.74, 6) is -6.34. The van der Waals surface area contributed by atoms with Gasteiger partial charge in [0.25, 0.3) is 0 Å². The number of ketones is 1. The van der Waals surface area contributed by atoms with Gasteiger partial charge in [-0.2, -0.15) is 0 Å². The second-order valence-electron chi connectivity index (χ2n) is 9.21. The third-order valence-corrected chi connectivity index (χ3v) is 5.94. The van der Waals surface area contributed by atoms with Gasteiger partial charge in [-0.05, 0) is 39.0 Å². The number of rotatable bonds is 5. The first-order valence-corrected chi connectivity index (χ1v) is 11.3. The molecule has 0 amide bonds. The zero-order valence-corrected chi connectivity index (χ0v) is 21.9. The quantitative estimate of drug-likeness (QED) is 0.279. The van der Waals surface area contributed by atoms with E-state index < -0.39 is 64.0 Å². The minimum absolute atomic E-state index is 0.186. The Morgan fingerprint density at radius 3 is 1.95 bits per heavy atom. The van der Waals surface area contributed by atoms with Gasteiger partial charge in [-0.25, -0.2) is 24.0 Å². The van der Waals surface area contributed by atoms with E-state index in [4.69, 9.17) is 23.7 Å². The van der Waals surface area contributed by atoms with Crippen LogP contribution in [0.1, 0.15) is 20.8 Å². The van der Waals surface area contributed by atoms with Crippen molar-refractivity contribution in [3.05, 3.63) is 58.4 Å². The van der Waals surface area contributed by atoms with E-state index >= 15 is 0 Å². The molecule has 0 spiro atoms. The van der Waals surface area contributed by atoms with E-state index in [9.17, 15) is 28.8 Å². The SMILES string of the molecule is COC(=O)C1=C(C(=O)OC)[C@@]2(C(=O)OC(C)(C)C)C(=O)C=C/C3=C(C(=O)OC)/C(C(=O)OC)=C\C=C/[C@@H]1N32. The first kappa shape index (κ1) is 28.1. The molecule has 2 atom stereocenters. The Morgan fingerprint density at radius 1 is 0.842 bits per heavy atom. The Labute approximate surface area is 218 Å². The van der Waals surface area contributed by atoms with Crippen LogP contribution >= 0.6 is 0 Å². The molecule has 3 rings (SSSR count). The number of hydrogen-bond acceptors (Lipinski definition) is 12. The lowest BCUT2D eigenvalue weighted by atomic mass is 9.80. The molecule has 202 valence electrons. The van der Waals surface area contributed by atoms with Gasteiger partial charge < -0.3 is 28.6 Å². The van der Waals surface area contributed by atoms with Crippen LogP contribution in [0.2, 0.25) is 0 Å². The Morgan fingerprint density at radius 2 is 1.42 bits per heavy atom. The van der Waals surface area contributed by atoms with Gasteiger partial charge in [-0.1, -0.05) is 12.2 Å². The number of methoxy groups -OCH3 is 4. The molecule has 0 saturated carbocycles. The smallest absolute Gasteiger partial charge is 0.345 e. The van der Waals surface area contributed by atoms with Crippen molar-refractivity contribution in [3.63, 3.8) is 0 Å². The second kappa shape index (κ2) is 10.1. The highest BCUT2D eigenvalue weighted by molar-refractivity contribution is 6.26. The lowest BCUT2D eigenvalue weighted by Crippen LogP contribution is -2.63. The Bertz CT molecular complexity index is 1290. The van der Waals surface area contributed by atoms with Gasteiger partial charge in [0.1, 0.15) is 5.60 Å². The number of carbonyl (C=O) groups is 6. The van der Waals surface area contributed by atoms with Crippen LogP contribution in [0.15, 0.2) is 58.4 Å². The van der Waals surface area contributed by atoms with Crippen molar-refractivity contribution < 1.29 is 52.5 Å². The molecule has 0 radical (unpaired) electrons. The van der Waals surface area contributed by atoms with Crippen LogP contribution in [0.25, 0.3) is 0 Å². The van der Waals surface area contributed by atoms with Crippen LogP contribution in [-0.4, -0.2) is 86.2 Å². The maximum absolute atomic E-state index is 14.0. The van der Waals surface area contributed by atoms with E-state index in [1.807, 2.05) is 0 Å². The molecule has 0 aliphatic carbocycles. The van der Waals surface area contributed by atoms with Crippen molar-refractivity contribution in [2.45, 2.75) is 38.0 Å². The molecule has 0 aromatic rings. The minimum atomic E-state index is -2.62. The van der Waals surface area contributed by atoms with Crippen LogP contribution in [0.3, 0.4) is 0 Å². The molecule has 3 heterocycles. The van der Waals surface area contributed by atoms with Crippen molar-refractivity contribution in [1.82, 2.24) is 4.90 Å². The van der Waals surface area contributed by atoms with Gasteiger partial charge in [0.2, 0.25) is 5.54 Å². The summed E-state index contributed by atoms with van der Waals surface area (Å²) in [6.07, 6.45) is 6.02. The van der Waals surface area contributed by atoms with Gasteiger partial charge >= 0.3 is 29.8 Å². The van der Waals surface area contributed by atoms with Gasteiger partial charge in [0, 0.05) is 0 Å². The molecule has 0 aromatic carbocycles. The summed E-state index contributed by atoms with van der Waals surface area (Å²) in [4.78, 5) is 80.9. The minimum Gasteiger partial charge on any atom is -0.466 e. The molecule has 12 heteroatoms. The first-order chi connectivity index (χ1) is 17.8. The van der Waals surface area contributed by atoms with Gasteiger partial charge in [0.15, 0.2) is 5.78 Å². The van der Waals surface area contributed by atoms with E-state index in [2.05, 4.69) is 0 Å². The lowest BCUT2D eigenvalue weighted by Gasteiger charge is -2.44. The monoisotopic (exact) mass is 529 g/mol. The summed E-state index contributed by atoms with van der Waals surface area (Å²) >= 11 is 0. The van der Waals surface area contributed by atoms with Crippen molar-refractivity contribution >= 4 is 35.6 Å². The van der Waals surface area contributed by atoms with E-state index in [-0.39, 0.29) is 16.8 Å². The van der Waals surface area contributed by atoms with Crippen molar-refractivity contribution in [2.75, 3.05) is 28.4 Å². The molecule has 12 nitrogen and oxygen atoms in total. The molecule has 0 aromatic heterocycles. The average Bonchev–Trinajstić information content (AvgIpc) is 3.17. The van der Waals surface area contributed by atoms with Crippen LogP contribution in [-0.2, 0) is 52.5 Å². The van der Waals surface area contributed by atoms with Crippen LogP contribution < -0.4 is 0 Å². The molecular formula is C26H27NO11. The molecule has 3 aliphatic heterocycles. The molecule has 0 saturated heterocycles. The summed E-state index contributed by atoms with van der Waals surface area (Å²) in [5.41, 5.74) is -5.66. The molecule has 0 fully saturated rings. The molecular weight excluding hydrogens is 502 g/mol. The maximum Gasteiger partial charge on any atom is 0.345 e. The molecule has 3 aliphatic rings. The number of allylic oxidation sites excluding steroid dienone is 3. The van der Waals surface area contributed by atoms with Crippen molar-refractivity contribution in [1.29, 1.82) is 0 Å². The van der Waals surface area contributed by atoms with Crippen LogP contribution in [0, 0.1) is 0 Å². The Balaban J connectivity index is 2.59. The molecule has 0 N–H and O–H groups in total. The summed E-state index contributed by atoms with van der Waals surface area (Å²) in [6.45, 7) is 4.63. The van der Waals surface area contributed by atoms with Crippen molar-refractivity contribution in [2.24, 2.45) is 0 Å². The molecule has 0 unspecified atom stereocenters. The summed E-state index contributed by atoms with van der Waals surface area (Å²) in [7, 11) is 4.23. The molecule has 0 bridgehead atoms. The van der Waals surface area contributed by atoms with Crippen LogP contribution in [0.4, 0.5) is 0 Å². The third kappa shape index (κ3) is 4.21. The number of hydrogen-bond donors (Lipinski definition) is 0.